The van der Waals surface area contributed by atoms with Gasteiger partial charge in [0.15, 0.2) is 0 Å². The van der Waals surface area contributed by atoms with Gasteiger partial charge in [0.2, 0.25) is 9.84 Å². The van der Waals surface area contributed by atoms with Gasteiger partial charge in [-0.3, -0.25) is 9.13 Å². The number of hydrogen-bond donors (Lipinski definition) is 0. The van der Waals surface area contributed by atoms with Crippen molar-refractivity contribution in [3.63, 3.8) is 0 Å². The zero-order chi connectivity index (χ0) is 52.6. The molecule has 408 valence electrons. The summed E-state index contributed by atoms with van der Waals surface area (Å²) in [7, 11) is -9.82. The van der Waals surface area contributed by atoms with Crippen molar-refractivity contribution in [3.05, 3.63) is 118 Å². The molecule has 0 unspecified atom stereocenters. The summed E-state index contributed by atoms with van der Waals surface area (Å²) in [6.07, 6.45) is 24.0. The summed E-state index contributed by atoms with van der Waals surface area (Å²) in [5, 5.41) is 0. The molecule has 0 atom stereocenters. The third-order valence-electron chi connectivity index (χ3n) is 13.2. The number of ether oxygens (including phenoxy) is 2. The van der Waals surface area contributed by atoms with Gasteiger partial charge in [0.25, 0.3) is 0 Å². The van der Waals surface area contributed by atoms with Crippen LogP contribution in [0.15, 0.2) is 94.7 Å². The quantitative estimate of drug-likeness (QED) is 0.0313. The molecule has 0 aliphatic carbocycles. The topological polar surface area (TPSA) is 124 Å². The lowest BCUT2D eigenvalue weighted by atomic mass is 10.0. The number of benzene rings is 4. The van der Waals surface area contributed by atoms with Crippen LogP contribution in [0.25, 0.3) is 0 Å². The number of unbranched alkanes of at least 4 members (excludes halogenated alkanes) is 18. The van der Waals surface area contributed by atoms with Crippen molar-refractivity contribution in [3.8, 4) is 11.5 Å². The minimum absolute atomic E-state index is 0.293. The van der Waals surface area contributed by atoms with E-state index in [0.29, 0.717) is 97.2 Å². The fourth-order valence-electron chi connectivity index (χ4n) is 9.20. The third kappa shape index (κ3) is 24.1. The van der Waals surface area contributed by atoms with Crippen LogP contribution in [0.1, 0.15) is 189 Å². The van der Waals surface area contributed by atoms with Crippen LogP contribution in [-0.2, 0) is 49.9 Å². The van der Waals surface area contributed by atoms with Crippen molar-refractivity contribution < 1.29 is 45.1 Å². The Balaban J connectivity index is 1.30. The normalized spacial score (nSPS) is 12.1. The van der Waals surface area contributed by atoms with Crippen LogP contribution in [0, 0.1) is 13.8 Å². The maximum absolute atomic E-state index is 15.0. The summed E-state index contributed by atoms with van der Waals surface area (Å²) in [5.74, 6) is 1.36. The van der Waals surface area contributed by atoms with E-state index in [4.69, 9.17) is 27.6 Å². The minimum Gasteiger partial charge on any atom is -0.494 e. The van der Waals surface area contributed by atoms with Gasteiger partial charge >= 0.3 is 15.2 Å². The van der Waals surface area contributed by atoms with Crippen LogP contribution in [0.3, 0.4) is 0 Å². The first-order chi connectivity index (χ1) is 35.3. The van der Waals surface area contributed by atoms with Crippen molar-refractivity contribution in [2.24, 2.45) is 0 Å². The van der Waals surface area contributed by atoms with Crippen molar-refractivity contribution >= 4 is 25.0 Å². The van der Waals surface area contributed by atoms with Crippen molar-refractivity contribution in [2.45, 2.75) is 193 Å². The molecule has 0 saturated carbocycles. The second-order valence-electron chi connectivity index (χ2n) is 19.5. The highest BCUT2D eigenvalue weighted by Crippen LogP contribution is 2.49. The van der Waals surface area contributed by atoms with Crippen molar-refractivity contribution in [1.82, 2.24) is 0 Å². The SMILES string of the molecule is CCOP(=O)(CCCCCCCCCCCCOc1ccc(S(=O)(=O)c2ccc(OCCCCCCCCCCCCP(=O)(OCC)OCC)cc2Cc2ccc(C)cc2)c(Cc2ccc(C)cc2)c1)OCC. The lowest BCUT2D eigenvalue weighted by Crippen LogP contribution is -2.11. The third-order valence-corrected chi connectivity index (χ3v) is 19.5. The Kier molecular flexibility index (Phi) is 30.0. The first-order valence-electron chi connectivity index (χ1n) is 28.0. The molecule has 4 aromatic carbocycles. The average molecular weight is 1070 g/mol. The monoisotopic (exact) mass is 1070 g/mol. The summed E-state index contributed by atoms with van der Waals surface area (Å²) in [6.45, 7) is 14.3. The van der Waals surface area contributed by atoms with E-state index in [9.17, 15) is 17.5 Å². The predicted octanol–water partition coefficient (Wildman–Crippen LogP) is 17.4. The Hall–Kier alpha value is -3.27. The van der Waals surface area contributed by atoms with Crippen LogP contribution in [0.4, 0.5) is 0 Å². The first-order valence-corrected chi connectivity index (χ1v) is 32.9. The fourth-order valence-corrected chi connectivity index (χ4v) is 14.3. The average Bonchev–Trinajstić information content (AvgIpc) is 3.36. The maximum atomic E-state index is 15.0. The molecule has 0 aliphatic rings. The van der Waals surface area contributed by atoms with Gasteiger partial charge in [0.1, 0.15) is 11.5 Å². The van der Waals surface area contributed by atoms with E-state index in [1.54, 1.807) is 12.1 Å². The molecule has 0 bridgehead atoms. The smallest absolute Gasteiger partial charge is 0.330 e. The molecule has 0 spiro atoms. The van der Waals surface area contributed by atoms with Crippen molar-refractivity contribution in [1.29, 1.82) is 0 Å². The number of rotatable bonds is 42. The molecule has 0 aliphatic heterocycles. The largest absolute Gasteiger partial charge is 0.494 e. The van der Waals surface area contributed by atoms with Gasteiger partial charge in [-0.05, 0) is 139 Å². The van der Waals surface area contributed by atoms with E-state index >= 15 is 0 Å². The highest BCUT2D eigenvalue weighted by atomic mass is 32.2. The van der Waals surface area contributed by atoms with Gasteiger partial charge in [-0.15, -0.1) is 0 Å². The van der Waals surface area contributed by atoms with Crippen LogP contribution < -0.4 is 9.47 Å². The lowest BCUT2D eigenvalue weighted by molar-refractivity contribution is 0.218. The number of sulfone groups is 1. The maximum Gasteiger partial charge on any atom is 0.330 e. The van der Waals surface area contributed by atoms with E-state index in [1.165, 1.54) is 51.4 Å². The zero-order valence-corrected chi connectivity index (χ0v) is 48.3. The predicted molar refractivity (Wildman–Crippen MR) is 301 cm³/mol. The summed E-state index contributed by atoms with van der Waals surface area (Å²) < 4.78 is 89.5. The second-order valence-corrected chi connectivity index (χ2v) is 25.7. The van der Waals surface area contributed by atoms with Crippen LogP contribution in [0.2, 0.25) is 0 Å². The second kappa shape index (κ2) is 35.1. The van der Waals surface area contributed by atoms with Gasteiger partial charge < -0.3 is 27.6 Å². The minimum atomic E-state index is -3.96. The molecule has 0 saturated heterocycles. The fraction of sp³-hybridized carbons (Fsp3) is 0.600. The number of hydrogen-bond acceptors (Lipinski definition) is 10. The summed E-state index contributed by atoms with van der Waals surface area (Å²) in [6, 6.07) is 27.5. The molecule has 0 N–H and O–H groups in total. The lowest BCUT2D eigenvalue weighted by Gasteiger charge is -2.17. The standard InChI is InChI=1S/C60H92O10P2S/c1-7-67-71(61,68-8-2)45-29-25-21-17-13-11-15-19-23-27-43-65-57-39-41-59(55(49-57)47-53-35-31-51(5)32-36-53)73(63,64)60-42-40-58(50-56(60)48-54-37-33-52(6)34-38-54)66-44-28-24-20-16-12-14-18-22-26-30-46-72(62,69-9-3)70-10-4/h31-42,49-50H,7-30,43-48H2,1-6H3. The summed E-state index contributed by atoms with van der Waals surface area (Å²) in [4.78, 5) is 0.587. The summed E-state index contributed by atoms with van der Waals surface area (Å²) in [5.41, 5.74) is 5.80. The Morgan fingerprint density at radius 2 is 0.671 bits per heavy atom. The van der Waals surface area contributed by atoms with E-state index in [-0.39, 0.29) is 0 Å². The Labute approximate surface area is 442 Å². The van der Waals surface area contributed by atoms with E-state index < -0.39 is 25.0 Å². The Morgan fingerprint density at radius 1 is 0.384 bits per heavy atom. The first kappa shape index (κ1) is 62.3. The van der Waals surface area contributed by atoms with Gasteiger partial charge in [0.05, 0.1) is 61.8 Å². The molecule has 0 aromatic heterocycles. The molecular formula is C60H92O10P2S. The van der Waals surface area contributed by atoms with Gasteiger partial charge in [0, 0.05) is 0 Å². The van der Waals surface area contributed by atoms with Gasteiger partial charge in [-0.1, -0.05) is 162 Å². The highest BCUT2D eigenvalue weighted by molar-refractivity contribution is 7.91. The van der Waals surface area contributed by atoms with Crippen molar-refractivity contribution in [2.75, 3.05) is 52.0 Å². The van der Waals surface area contributed by atoms with Crippen LogP contribution >= 0.6 is 15.2 Å². The molecular weight excluding hydrogens is 975 g/mol. The van der Waals surface area contributed by atoms with Gasteiger partial charge in [-0.25, -0.2) is 8.42 Å². The van der Waals surface area contributed by atoms with Crippen LogP contribution in [0.5, 0.6) is 11.5 Å². The van der Waals surface area contributed by atoms with E-state index in [2.05, 4.69) is 62.4 Å². The molecule has 13 heteroatoms. The molecule has 0 heterocycles. The zero-order valence-electron chi connectivity index (χ0n) is 45.7. The Bertz CT molecular complexity index is 2160. The number of aryl methyl sites for hydroxylation is 2. The highest BCUT2D eigenvalue weighted by Gasteiger charge is 2.27. The molecule has 0 radical (unpaired) electrons. The molecule has 4 aromatic rings. The summed E-state index contributed by atoms with van der Waals surface area (Å²) >= 11 is 0. The van der Waals surface area contributed by atoms with E-state index in [1.807, 2.05) is 52.0 Å². The molecule has 4 rings (SSSR count). The molecule has 0 amide bonds. The van der Waals surface area contributed by atoms with Crippen LogP contribution in [-0.4, -0.2) is 60.4 Å². The molecule has 10 nitrogen and oxygen atoms in total. The molecule has 73 heavy (non-hydrogen) atoms. The van der Waals surface area contributed by atoms with E-state index in [0.717, 1.165) is 99.3 Å². The van der Waals surface area contributed by atoms with Gasteiger partial charge in [-0.2, -0.15) is 0 Å². The molecule has 0 fully saturated rings. The Morgan fingerprint density at radius 3 is 0.973 bits per heavy atom.